The van der Waals surface area contributed by atoms with Gasteiger partial charge in [0.1, 0.15) is 28.7 Å². The van der Waals surface area contributed by atoms with Gasteiger partial charge in [0, 0.05) is 11.8 Å². The maximum Gasteiger partial charge on any atom is 0.168 e. The van der Waals surface area contributed by atoms with Gasteiger partial charge in [0.15, 0.2) is 5.50 Å². The number of rotatable bonds is 2. The molecular formula is C17H13ClN4O2. The summed E-state index contributed by atoms with van der Waals surface area (Å²) >= 11 is 6.31. The third kappa shape index (κ3) is 2.11. The van der Waals surface area contributed by atoms with E-state index in [-0.39, 0.29) is 22.9 Å². The first-order valence-corrected chi connectivity index (χ1v) is 7.69. The van der Waals surface area contributed by atoms with Crippen LogP contribution in [-0.4, -0.2) is 31.5 Å². The molecule has 1 aliphatic rings. The van der Waals surface area contributed by atoms with Crippen molar-refractivity contribution < 1.29 is 10.2 Å². The first kappa shape index (κ1) is 14.6. The Labute approximate surface area is 142 Å². The number of phenols is 1. The SMILES string of the molecule is N=C1C(c2nc3ccccc3[nH]2)=C(O)[C@@H](Cl)N1c1cccc(O)c1. The van der Waals surface area contributed by atoms with E-state index in [9.17, 15) is 10.2 Å². The van der Waals surface area contributed by atoms with E-state index < -0.39 is 5.50 Å². The molecule has 0 saturated heterocycles. The highest BCUT2D eigenvalue weighted by atomic mass is 35.5. The van der Waals surface area contributed by atoms with E-state index in [0.717, 1.165) is 11.0 Å². The lowest BCUT2D eigenvalue weighted by atomic mass is 10.2. The molecule has 0 unspecified atom stereocenters. The van der Waals surface area contributed by atoms with E-state index in [1.165, 1.54) is 17.0 Å². The van der Waals surface area contributed by atoms with Crippen LogP contribution >= 0.6 is 11.6 Å². The van der Waals surface area contributed by atoms with Crippen molar-refractivity contribution in [3.63, 3.8) is 0 Å². The summed E-state index contributed by atoms with van der Waals surface area (Å²) in [7, 11) is 0. The Hall–Kier alpha value is -2.99. The van der Waals surface area contributed by atoms with Crippen molar-refractivity contribution in [2.75, 3.05) is 4.90 Å². The van der Waals surface area contributed by atoms with Crippen LogP contribution in [-0.2, 0) is 0 Å². The van der Waals surface area contributed by atoms with Crippen molar-refractivity contribution in [3.8, 4) is 5.75 Å². The number of aliphatic hydroxyl groups excluding tert-OH is 1. The molecule has 0 aliphatic carbocycles. The van der Waals surface area contributed by atoms with Crippen molar-refractivity contribution in [2.45, 2.75) is 5.50 Å². The minimum absolute atomic E-state index is 0.0113. The third-order valence-corrected chi connectivity index (χ3v) is 4.32. The Kier molecular flexibility index (Phi) is 3.21. The molecule has 1 aliphatic heterocycles. The number of aromatic amines is 1. The summed E-state index contributed by atoms with van der Waals surface area (Å²) in [5.41, 5.74) is 1.36. The molecule has 1 atom stereocenters. The molecule has 120 valence electrons. The molecule has 0 spiro atoms. The summed E-state index contributed by atoms with van der Waals surface area (Å²) in [6, 6.07) is 13.8. The van der Waals surface area contributed by atoms with Crippen LogP contribution in [0.3, 0.4) is 0 Å². The molecule has 4 rings (SSSR count). The summed E-state index contributed by atoms with van der Waals surface area (Å²) in [4.78, 5) is 8.95. The number of hydrogen-bond acceptors (Lipinski definition) is 4. The number of aromatic hydroxyl groups is 1. The summed E-state index contributed by atoms with van der Waals surface area (Å²) in [5, 5.41) is 28.5. The van der Waals surface area contributed by atoms with Crippen LogP contribution in [0.15, 0.2) is 54.3 Å². The Balaban J connectivity index is 1.80. The second-order valence-corrected chi connectivity index (χ2v) is 5.85. The van der Waals surface area contributed by atoms with E-state index in [4.69, 9.17) is 17.0 Å². The van der Waals surface area contributed by atoms with E-state index >= 15 is 0 Å². The van der Waals surface area contributed by atoms with E-state index in [1.807, 2.05) is 24.3 Å². The minimum atomic E-state index is -0.942. The quantitative estimate of drug-likeness (QED) is 0.423. The smallest absolute Gasteiger partial charge is 0.168 e. The molecular weight excluding hydrogens is 328 g/mol. The monoisotopic (exact) mass is 340 g/mol. The molecule has 4 N–H and O–H groups in total. The number of nitrogens with one attached hydrogen (secondary N) is 2. The summed E-state index contributed by atoms with van der Waals surface area (Å²) in [5.74, 6) is 0.300. The van der Waals surface area contributed by atoms with Crippen LogP contribution in [0.4, 0.5) is 5.69 Å². The number of alkyl halides is 1. The molecule has 0 radical (unpaired) electrons. The maximum absolute atomic E-state index is 10.5. The Morgan fingerprint density at radius 2 is 1.92 bits per heavy atom. The fourth-order valence-corrected chi connectivity index (χ4v) is 3.12. The van der Waals surface area contributed by atoms with Gasteiger partial charge in [-0.05, 0) is 24.3 Å². The van der Waals surface area contributed by atoms with Crippen LogP contribution in [0.25, 0.3) is 16.6 Å². The van der Waals surface area contributed by atoms with Crippen molar-refractivity contribution >= 4 is 39.7 Å². The van der Waals surface area contributed by atoms with Gasteiger partial charge in [-0.1, -0.05) is 29.8 Å². The van der Waals surface area contributed by atoms with E-state index in [0.29, 0.717) is 11.5 Å². The van der Waals surface area contributed by atoms with Crippen LogP contribution in [0.5, 0.6) is 5.75 Å². The van der Waals surface area contributed by atoms with Crippen LogP contribution in [0.2, 0.25) is 0 Å². The van der Waals surface area contributed by atoms with Crippen LogP contribution < -0.4 is 4.90 Å². The first-order valence-electron chi connectivity index (χ1n) is 7.26. The topological polar surface area (TPSA) is 96.2 Å². The van der Waals surface area contributed by atoms with Crippen molar-refractivity contribution in [1.29, 1.82) is 5.41 Å². The van der Waals surface area contributed by atoms with Gasteiger partial charge in [-0.2, -0.15) is 0 Å². The lowest BCUT2D eigenvalue weighted by Gasteiger charge is -2.22. The number of hydrogen-bond donors (Lipinski definition) is 4. The van der Waals surface area contributed by atoms with Crippen molar-refractivity contribution in [1.82, 2.24) is 9.97 Å². The number of amidine groups is 1. The minimum Gasteiger partial charge on any atom is -0.508 e. The zero-order valence-corrected chi connectivity index (χ0v) is 13.1. The van der Waals surface area contributed by atoms with Crippen LogP contribution in [0, 0.1) is 5.41 Å². The molecule has 6 nitrogen and oxygen atoms in total. The molecule has 2 heterocycles. The molecule has 0 fully saturated rings. The van der Waals surface area contributed by atoms with Gasteiger partial charge in [-0.3, -0.25) is 5.41 Å². The highest BCUT2D eigenvalue weighted by Gasteiger charge is 2.38. The standard InChI is InChI=1S/C17H13ClN4O2/c18-15-14(24)13(17-20-11-6-1-2-7-12(11)21-17)16(19)22(15)9-4-3-5-10(23)8-9/h1-8,15,19,23-24H,(H,20,21)/t15-/m0/s1. The van der Waals surface area contributed by atoms with Gasteiger partial charge in [-0.15, -0.1) is 0 Å². The highest BCUT2D eigenvalue weighted by Crippen LogP contribution is 2.37. The lowest BCUT2D eigenvalue weighted by Crippen LogP contribution is -2.31. The molecule has 3 aromatic rings. The zero-order chi connectivity index (χ0) is 16.8. The van der Waals surface area contributed by atoms with Crippen molar-refractivity contribution in [3.05, 3.63) is 60.1 Å². The fourth-order valence-electron chi connectivity index (χ4n) is 2.80. The van der Waals surface area contributed by atoms with Crippen LogP contribution in [0.1, 0.15) is 5.82 Å². The number of H-pyrrole nitrogens is 1. The molecule has 0 bridgehead atoms. The molecule has 0 saturated carbocycles. The molecule has 0 amide bonds. The number of anilines is 1. The number of fused-ring (bicyclic) bond motifs is 1. The number of halogens is 1. The summed E-state index contributed by atoms with van der Waals surface area (Å²) in [6.45, 7) is 0. The second kappa shape index (κ2) is 5.28. The average Bonchev–Trinajstić information content (AvgIpc) is 3.07. The molecule has 2 aromatic carbocycles. The van der Waals surface area contributed by atoms with Gasteiger partial charge in [-0.25, -0.2) is 4.98 Å². The fraction of sp³-hybridized carbons (Fsp3) is 0.0588. The molecule has 7 heteroatoms. The van der Waals surface area contributed by atoms with Gasteiger partial charge in [0.2, 0.25) is 0 Å². The average molecular weight is 341 g/mol. The Bertz CT molecular complexity index is 962. The highest BCUT2D eigenvalue weighted by molar-refractivity contribution is 6.39. The number of nitrogens with zero attached hydrogens (tertiary/aromatic N) is 2. The molecule has 1 aromatic heterocycles. The maximum atomic E-state index is 10.5. The third-order valence-electron chi connectivity index (χ3n) is 3.92. The number of aromatic nitrogens is 2. The Morgan fingerprint density at radius 1 is 1.12 bits per heavy atom. The number of aliphatic hydroxyl groups is 1. The number of benzene rings is 2. The number of para-hydroxylation sites is 2. The van der Waals surface area contributed by atoms with Gasteiger partial charge in [0.25, 0.3) is 0 Å². The zero-order valence-electron chi connectivity index (χ0n) is 12.4. The molecule has 24 heavy (non-hydrogen) atoms. The number of phenolic OH excluding ortho intramolecular Hbond substituents is 1. The normalized spacial score (nSPS) is 18.0. The van der Waals surface area contributed by atoms with Gasteiger partial charge in [0.05, 0.1) is 11.0 Å². The second-order valence-electron chi connectivity index (χ2n) is 5.44. The predicted octanol–water partition coefficient (Wildman–Crippen LogP) is 3.60. The van der Waals surface area contributed by atoms with Gasteiger partial charge < -0.3 is 20.1 Å². The first-order chi connectivity index (χ1) is 11.6. The predicted molar refractivity (Wildman–Crippen MR) is 93.6 cm³/mol. The van der Waals surface area contributed by atoms with E-state index in [1.54, 1.807) is 12.1 Å². The van der Waals surface area contributed by atoms with Crippen molar-refractivity contribution in [2.24, 2.45) is 0 Å². The summed E-state index contributed by atoms with van der Waals surface area (Å²) < 4.78 is 0. The van der Waals surface area contributed by atoms with Gasteiger partial charge >= 0.3 is 0 Å². The van der Waals surface area contributed by atoms with E-state index in [2.05, 4.69) is 9.97 Å². The summed E-state index contributed by atoms with van der Waals surface area (Å²) in [6.07, 6.45) is 0. The largest absolute Gasteiger partial charge is 0.508 e. The lowest BCUT2D eigenvalue weighted by molar-refractivity contribution is 0.402. The number of imidazole rings is 1. The Morgan fingerprint density at radius 3 is 2.67 bits per heavy atom.